The number of aryl methyl sites for hydroxylation is 2. The van der Waals surface area contributed by atoms with E-state index >= 15 is 0 Å². The molecule has 2 heterocycles. The summed E-state index contributed by atoms with van der Waals surface area (Å²) in [5, 5.41) is 13.2. The van der Waals surface area contributed by atoms with Gasteiger partial charge in [0.1, 0.15) is 23.1 Å². The van der Waals surface area contributed by atoms with Crippen molar-refractivity contribution in [3.05, 3.63) is 75.5 Å². The first-order chi connectivity index (χ1) is 13.5. The van der Waals surface area contributed by atoms with Gasteiger partial charge in [-0.15, -0.1) is 14.8 Å². The Hall–Kier alpha value is -2.83. The molecule has 142 valence electrons. The molecule has 1 N–H and O–H groups in total. The van der Waals surface area contributed by atoms with Crippen LogP contribution in [0.4, 0.5) is 5.82 Å². The van der Waals surface area contributed by atoms with Crippen LogP contribution in [0.3, 0.4) is 0 Å². The van der Waals surface area contributed by atoms with Crippen molar-refractivity contribution >= 4 is 34.7 Å². The maximum atomic E-state index is 6.17. The Bertz CT molecular complexity index is 1160. The summed E-state index contributed by atoms with van der Waals surface area (Å²) in [4.78, 5) is 4.27. The third-order valence-electron chi connectivity index (χ3n) is 4.16. The first kappa shape index (κ1) is 18.5. The van der Waals surface area contributed by atoms with Crippen LogP contribution in [0.5, 0.6) is 11.5 Å². The molecule has 0 saturated carbocycles. The van der Waals surface area contributed by atoms with E-state index in [4.69, 9.17) is 27.9 Å². The minimum absolute atomic E-state index is 0.505. The number of hydrogen-bond acceptors (Lipinski definition) is 5. The zero-order valence-electron chi connectivity index (χ0n) is 15.3. The Balaban J connectivity index is 1.55. The highest BCUT2D eigenvalue weighted by atomic mass is 35.5. The van der Waals surface area contributed by atoms with Crippen LogP contribution in [0.15, 0.2) is 48.5 Å². The van der Waals surface area contributed by atoms with Gasteiger partial charge in [-0.05, 0) is 61.9 Å². The van der Waals surface area contributed by atoms with E-state index in [-0.39, 0.29) is 0 Å². The minimum Gasteiger partial charge on any atom is -0.457 e. The lowest BCUT2D eigenvalue weighted by Crippen LogP contribution is -2.05. The number of benzene rings is 2. The van der Waals surface area contributed by atoms with Gasteiger partial charge in [0, 0.05) is 22.2 Å². The van der Waals surface area contributed by atoms with E-state index < -0.39 is 0 Å². The van der Waals surface area contributed by atoms with E-state index in [1.807, 2.05) is 56.3 Å². The highest BCUT2D eigenvalue weighted by Crippen LogP contribution is 2.31. The summed E-state index contributed by atoms with van der Waals surface area (Å²) >= 11 is 12.3. The summed E-state index contributed by atoms with van der Waals surface area (Å²) in [6.45, 7) is 4.27. The molecule has 4 rings (SSSR count). The van der Waals surface area contributed by atoms with Crippen LogP contribution >= 0.6 is 23.2 Å². The fourth-order valence-electron chi connectivity index (χ4n) is 2.74. The molecule has 0 saturated heterocycles. The van der Waals surface area contributed by atoms with Gasteiger partial charge in [0.25, 0.3) is 0 Å². The number of rotatable bonds is 5. The van der Waals surface area contributed by atoms with Gasteiger partial charge < -0.3 is 10.1 Å². The van der Waals surface area contributed by atoms with Gasteiger partial charge in [-0.3, -0.25) is 0 Å². The molecule has 0 radical (unpaired) electrons. The molecule has 6 nitrogen and oxygen atoms in total. The van der Waals surface area contributed by atoms with Crippen LogP contribution in [0.1, 0.15) is 17.0 Å². The van der Waals surface area contributed by atoms with Crippen molar-refractivity contribution in [1.29, 1.82) is 0 Å². The predicted octanol–water partition coefficient (Wildman–Crippen LogP) is 5.45. The van der Waals surface area contributed by atoms with Gasteiger partial charge >= 0.3 is 0 Å². The standard InChI is InChI=1S/C20H17Cl2N5O/c1-12-9-16(5-6-17(12)22)28-18-10-15(21)4-3-14(18)11-23-19-7-8-20-24-13(2)25-27(20)26-19/h3-10H,11H2,1-2H3,(H,23,26). The summed E-state index contributed by atoms with van der Waals surface area (Å²) in [7, 11) is 0. The first-order valence-corrected chi connectivity index (χ1v) is 9.40. The third-order valence-corrected chi connectivity index (χ3v) is 4.82. The summed E-state index contributed by atoms with van der Waals surface area (Å²) < 4.78 is 7.56. The minimum atomic E-state index is 0.505. The molecule has 2 aromatic carbocycles. The molecule has 0 amide bonds. The summed E-state index contributed by atoms with van der Waals surface area (Å²) in [5.41, 5.74) is 2.59. The molecule has 0 fully saturated rings. The van der Waals surface area contributed by atoms with Crippen LogP contribution in [0.25, 0.3) is 5.65 Å². The summed E-state index contributed by atoms with van der Waals surface area (Å²) in [6.07, 6.45) is 0. The summed E-state index contributed by atoms with van der Waals surface area (Å²) in [5.74, 6) is 2.72. The number of anilines is 1. The predicted molar refractivity (Wildman–Crippen MR) is 111 cm³/mol. The van der Waals surface area contributed by atoms with Crippen LogP contribution in [-0.4, -0.2) is 19.8 Å². The molecule has 0 spiro atoms. The lowest BCUT2D eigenvalue weighted by Gasteiger charge is -2.13. The monoisotopic (exact) mass is 413 g/mol. The Morgan fingerprint density at radius 1 is 1.00 bits per heavy atom. The normalized spacial score (nSPS) is 11.0. The van der Waals surface area contributed by atoms with Crippen molar-refractivity contribution in [2.45, 2.75) is 20.4 Å². The molecule has 0 aliphatic carbocycles. The molecule has 0 bridgehead atoms. The second-order valence-corrected chi connectivity index (χ2v) is 7.19. The van der Waals surface area contributed by atoms with E-state index in [9.17, 15) is 0 Å². The van der Waals surface area contributed by atoms with Gasteiger partial charge in [0.05, 0.1) is 0 Å². The highest BCUT2D eigenvalue weighted by Gasteiger charge is 2.09. The van der Waals surface area contributed by atoms with Crippen LogP contribution in [-0.2, 0) is 6.54 Å². The van der Waals surface area contributed by atoms with Crippen LogP contribution in [0, 0.1) is 13.8 Å². The SMILES string of the molecule is Cc1nc2ccc(NCc3ccc(Cl)cc3Oc3ccc(Cl)c(C)c3)nn2n1. The number of ether oxygens (including phenoxy) is 1. The molecule has 0 atom stereocenters. The lowest BCUT2D eigenvalue weighted by atomic mass is 10.2. The Morgan fingerprint density at radius 3 is 2.68 bits per heavy atom. The van der Waals surface area contributed by atoms with Crippen molar-refractivity contribution in [3.63, 3.8) is 0 Å². The lowest BCUT2D eigenvalue weighted by molar-refractivity contribution is 0.476. The molecule has 0 unspecified atom stereocenters. The van der Waals surface area contributed by atoms with Crippen molar-refractivity contribution < 1.29 is 4.74 Å². The second-order valence-electron chi connectivity index (χ2n) is 6.34. The molecular weight excluding hydrogens is 397 g/mol. The van der Waals surface area contributed by atoms with Gasteiger partial charge in [0.15, 0.2) is 5.65 Å². The molecular formula is C20H17Cl2N5O. The number of aromatic nitrogens is 4. The second kappa shape index (κ2) is 7.66. The fourth-order valence-corrected chi connectivity index (χ4v) is 3.02. The van der Waals surface area contributed by atoms with Gasteiger partial charge in [-0.2, -0.15) is 0 Å². The van der Waals surface area contributed by atoms with Gasteiger partial charge in [0.2, 0.25) is 0 Å². The van der Waals surface area contributed by atoms with Gasteiger partial charge in [-0.25, -0.2) is 4.98 Å². The van der Waals surface area contributed by atoms with Crippen molar-refractivity contribution in [2.24, 2.45) is 0 Å². The first-order valence-electron chi connectivity index (χ1n) is 8.65. The van der Waals surface area contributed by atoms with E-state index in [1.54, 1.807) is 6.07 Å². The highest BCUT2D eigenvalue weighted by molar-refractivity contribution is 6.31. The fraction of sp³-hybridized carbons (Fsp3) is 0.150. The molecule has 8 heteroatoms. The van der Waals surface area contributed by atoms with Crippen molar-refractivity contribution in [2.75, 3.05) is 5.32 Å². The molecule has 2 aromatic heterocycles. The summed E-state index contributed by atoms with van der Waals surface area (Å²) in [6, 6.07) is 14.8. The molecule has 0 aliphatic heterocycles. The van der Waals surface area contributed by atoms with Crippen LogP contribution in [0.2, 0.25) is 10.0 Å². The van der Waals surface area contributed by atoms with Crippen molar-refractivity contribution in [3.8, 4) is 11.5 Å². The number of nitrogens with one attached hydrogen (secondary N) is 1. The molecule has 0 aliphatic rings. The smallest absolute Gasteiger partial charge is 0.176 e. The maximum Gasteiger partial charge on any atom is 0.176 e. The topological polar surface area (TPSA) is 64.3 Å². The van der Waals surface area contributed by atoms with E-state index in [0.717, 1.165) is 11.1 Å². The van der Waals surface area contributed by atoms with E-state index in [0.29, 0.717) is 45.4 Å². The van der Waals surface area contributed by atoms with E-state index in [1.165, 1.54) is 4.63 Å². The zero-order valence-corrected chi connectivity index (χ0v) is 16.8. The maximum absolute atomic E-state index is 6.17. The molecule has 4 aromatic rings. The number of nitrogens with zero attached hydrogens (tertiary/aromatic N) is 4. The van der Waals surface area contributed by atoms with Crippen LogP contribution < -0.4 is 10.1 Å². The number of fused-ring (bicyclic) bond motifs is 1. The Labute approximate surface area is 172 Å². The van der Waals surface area contributed by atoms with E-state index in [2.05, 4.69) is 20.5 Å². The molecule has 28 heavy (non-hydrogen) atoms. The number of halogens is 2. The zero-order chi connectivity index (χ0) is 19.7. The number of hydrogen-bond donors (Lipinski definition) is 1. The third kappa shape index (κ3) is 4.03. The Kier molecular flexibility index (Phi) is 5.07. The average molecular weight is 414 g/mol. The van der Waals surface area contributed by atoms with Crippen molar-refractivity contribution in [1.82, 2.24) is 19.8 Å². The van der Waals surface area contributed by atoms with Gasteiger partial charge in [-0.1, -0.05) is 29.3 Å². The largest absolute Gasteiger partial charge is 0.457 e. The average Bonchev–Trinajstić information content (AvgIpc) is 3.03. The quantitative estimate of drug-likeness (QED) is 0.470. The Morgan fingerprint density at radius 2 is 1.86 bits per heavy atom.